The molecule has 0 atom stereocenters. The number of tetrazole rings is 1. The largest absolute Gasteiger partial charge is 0.354 e. The number of alkyl halides is 2. The Bertz CT molecular complexity index is 294. The van der Waals surface area contributed by atoms with Gasteiger partial charge in [0.2, 0.25) is 5.16 Å². The molecule has 0 saturated heterocycles. The second kappa shape index (κ2) is 5.93. The van der Waals surface area contributed by atoms with Gasteiger partial charge >= 0.3 is 0 Å². The fraction of sp³-hybridized carbons (Fsp3) is 0.833. The van der Waals surface area contributed by atoms with Gasteiger partial charge in [-0.3, -0.25) is 0 Å². The van der Waals surface area contributed by atoms with Crippen LogP contribution in [0.15, 0.2) is 5.16 Å². The minimum Gasteiger partial charge on any atom is -0.354 e. The van der Waals surface area contributed by atoms with E-state index < -0.39 is 12.0 Å². The minimum absolute atomic E-state index is 0.0316. The molecule has 0 radical (unpaired) electrons. The first-order valence-corrected chi connectivity index (χ1v) is 4.82. The van der Waals surface area contributed by atoms with Crippen LogP contribution in [0.5, 0.6) is 0 Å². The van der Waals surface area contributed by atoms with Gasteiger partial charge in [-0.1, -0.05) is 0 Å². The van der Waals surface area contributed by atoms with Crippen LogP contribution in [0.25, 0.3) is 0 Å². The first-order chi connectivity index (χ1) is 7.17. The average molecular weight is 240 g/mol. The van der Waals surface area contributed by atoms with Gasteiger partial charge in [-0.25, -0.2) is 4.68 Å². The lowest BCUT2D eigenvalue weighted by Gasteiger charge is -2.13. The van der Waals surface area contributed by atoms with Crippen molar-refractivity contribution in [1.29, 1.82) is 0 Å². The standard InChI is InChI=1S/C6H10F2N4O2S/c1-13-4(14-2)3-12-6(9-10-11-12)15-5(7)8/h4-5H,3H2,1-2H3. The molecule has 0 fully saturated rings. The monoisotopic (exact) mass is 240 g/mol. The molecule has 0 aromatic carbocycles. The van der Waals surface area contributed by atoms with Crippen LogP contribution in [-0.4, -0.2) is 46.5 Å². The lowest BCUT2D eigenvalue weighted by atomic mass is 10.6. The summed E-state index contributed by atoms with van der Waals surface area (Å²) >= 11 is 0.277. The SMILES string of the molecule is COC(Cn1nnnc1SC(F)F)OC. The number of thioether (sulfide) groups is 1. The summed E-state index contributed by atoms with van der Waals surface area (Å²) in [6.07, 6.45) is -0.564. The zero-order valence-corrected chi connectivity index (χ0v) is 8.95. The molecular formula is C6H10F2N4O2S. The van der Waals surface area contributed by atoms with Crippen LogP contribution >= 0.6 is 11.8 Å². The van der Waals surface area contributed by atoms with Crippen molar-refractivity contribution in [2.24, 2.45) is 0 Å². The zero-order chi connectivity index (χ0) is 11.3. The topological polar surface area (TPSA) is 62.1 Å². The average Bonchev–Trinajstić information content (AvgIpc) is 2.61. The van der Waals surface area contributed by atoms with Crippen molar-refractivity contribution < 1.29 is 18.3 Å². The fourth-order valence-corrected chi connectivity index (χ4v) is 1.34. The van der Waals surface area contributed by atoms with Crippen molar-refractivity contribution >= 4 is 11.8 Å². The van der Waals surface area contributed by atoms with Crippen LogP contribution in [0.4, 0.5) is 8.78 Å². The number of methoxy groups -OCH3 is 2. The molecule has 1 heterocycles. The van der Waals surface area contributed by atoms with Crippen LogP contribution in [0, 0.1) is 0 Å². The van der Waals surface area contributed by atoms with Gasteiger partial charge in [-0.15, -0.1) is 5.10 Å². The third-order valence-electron chi connectivity index (χ3n) is 1.54. The van der Waals surface area contributed by atoms with Crippen LogP contribution in [0.3, 0.4) is 0 Å². The molecule has 0 aliphatic rings. The molecule has 86 valence electrons. The van der Waals surface area contributed by atoms with E-state index in [1.54, 1.807) is 0 Å². The maximum atomic E-state index is 12.1. The predicted octanol–water partition coefficient (Wildman–Crippen LogP) is 0.607. The number of halogens is 2. The molecule has 6 nitrogen and oxygen atoms in total. The number of nitrogens with zero attached hydrogens (tertiary/aromatic N) is 4. The Hall–Kier alpha value is -0.800. The van der Waals surface area contributed by atoms with Crippen LogP contribution < -0.4 is 0 Å². The molecule has 9 heteroatoms. The van der Waals surface area contributed by atoms with Gasteiger partial charge in [0, 0.05) is 14.2 Å². The van der Waals surface area contributed by atoms with Crippen molar-refractivity contribution in [3.8, 4) is 0 Å². The second-order valence-electron chi connectivity index (χ2n) is 2.42. The lowest BCUT2D eigenvalue weighted by Crippen LogP contribution is -2.22. The lowest BCUT2D eigenvalue weighted by molar-refractivity contribution is -0.113. The van der Waals surface area contributed by atoms with Gasteiger partial charge in [-0.2, -0.15) is 8.78 Å². The van der Waals surface area contributed by atoms with E-state index in [2.05, 4.69) is 15.5 Å². The Balaban J connectivity index is 2.63. The van der Waals surface area contributed by atoms with Gasteiger partial charge in [-0.05, 0) is 22.2 Å². The molecule has 1 aromatic heterocycles. The number of rotatable bonds is 6. The molecule has 0 unspecified atom stereocenters. The van der Waals surface area contributed by atoms with Gasteiger partial charge in [0.05, 0.1) is 6.54 Å². The highest BCUT2D eigenvalue weighted by atomic mass is 32.2. The molecule has 0 saturated carbocycles. The van der Waals surface area contributed by atoms with E-state index in [4.69, 9.17) is 9.47 Å². The first-order valence-electron chi connectivity index (χ1n) is 3.94. The first kappa shape index (κ1) is 12.3. The van der Waals surface area contributed by atoms with Crippen LogP contribution in [0.2, 0.25) is 0 Å². The number of hydrogen-bond donors (Lipinski definition) is 0. The summed E-state index contributed by atoms with van der Waals surface area (Å²) in [7, 11) is 2.89. The van der Waals surface area contributed by atoms with E-state index in [1.807, 2.05) is 0 Å². The van der Waals surface area contributed by atoms with E-state index in [1.165, 1.54) is 18.9 Å². The smallest absolute Gasteiger partial charge is 0.291 e. The molecule has 15 heavy (non-hydrogen) atoms. The summed E-state index contributed by atoms with van der Waals surface area (Å²) in [4.78, 5) is 0. The Labute approximate surface area is 88.9 Å². The van der Waals surface area contributed by atoms with E-state index >= 15 is 0 Å². The zero-order valence-electron chi connectivity index (χ0n) is 8.13. The molecule has 0 amide bonds. The summed E-state index contributed by atoms with van der Waals surface area (Å²) in [5, 5.41) is 10.3. The van der Waals surface area contributed by atoms with E-state index in [0.29, 0.717) is 0 Å². The Morgan fingerprint density at radius 2 is 2.07 bits per heavy atom. The van der Waals surface area contributed by atoms with Crippen molar-refractivity contribution in [2.75, 3.05) is 14.2 Å². The molecule has 1 aromatic rings. The molecule has 0 bridgehead atoms. The highest BCUT2D eigenvalue weighted by Gasteiger charge is 2.16. The molecule has 0 N–H and O–H groups in total. The van der Waals surface area contributed by atoms with Gasteiger partial charge in [0.1, 0.15) is 0 Å². The fourth-order valence-electron chi connectivity index (χ4n) is 0.862. The Kier molecular flexibility index (Phi) is 4.85. The second-order valence-corrected chi connectivity index (χ2v) is 3.38. The summed E-state index contributed by atoms with van der Waals surface area (Å²) in [6.45, 7) is 0.162. The highest BCUT2D eigenvalue weighted by molar-refractivity contribution is 7.99. The number of ether oxygens (including phenoxy) is 2. The Morgan fingerprint density at radius 3 is 2.60 bits per heavy atom. The predicted molar refractivity (Wildman–Crippen MR) is 47.5 cm³/mol. The summed E-state index contributed by atoms with van der Waals surface area (Å²) in [6, 6.07) is 0. The van der Waals surface area contributed by atoms with Gasteiger partial charge in [0.15, 0.2) is 6.29 Å². The summed E-state index contributed by atoms with van der Waals surface area (Å²) in [5.41, 5.74) is 0. The van der Waals surface area contributed by atoms with Crippen molar-refractivity contribution in [3.63, 3.8) is 0 Å². The van der Waals surface area contributed by atoms with E-state index in [9.17, 15) is 8.78 Å². The Morgan fingerprint density at radius 1 is 1.40 bits per heavy atom. The summed E-state index contributed by atoms with van der Waals surface area (Å²) < 4.78 is 35.1. The number of aromatic nitrogens is 4. The highest BCUT2D eigenvalue weighted by Crippen LogP contribution is 2.22. The van der Waals surface area contributed by atoms with Crippen LogP contribution in [0.1, 0.15) is 0 Å². The minimum atomic E-state index is -2.56. The quantitative estimate of drug-likeness (QED) is 0.536. The van der Waals surface area contributed by atoms with Crippen LogP contribution in [-0.2, 0) is 16.0 Å². The van der Waals surface area contributed by atoms with Gasteiger partial charge < -0.3 is 9.47 Å². The number of hydrogen-bond acceptors (Lipinski definition) is 6. The van der Waals surface area contributed by atoms with E-state index in [0.717, 1.165) is 0 Å². The molecule has 0 aliphatic carbocycles. The summed E-state index contributed by atoms with van der Waals surface area (Å²) in [5.74, 6) is -2.56. The van der Waals surface area contributed by atoms with E-state index in [-0.39, 0.29) is 23.5 Å². The molecule has 0 aliphatic heterocycles. The third kappa shape index (κ3) is 3.68. The maximum absolute atomic E-state index is 12.1. The molecular weight excluding hydrogens is 230 g/mol. The van der Waals surface area contributed by atoms with Gasteiger partial charge in [0.25, 0.3) is 5.76 Å². The van der Waals surface area contributed by atoms with Crippen molar-refractivity contribution in [3.05, 3.63) is 0 Å². The normalized spacial score (nSPS) is 11.6. The molecule has 1 rings (SSSR count). The van der Waals surface area contributed by atoms with Crippen molar-refractivity contribution in [1.82, 2.24) is 20.2 Å². The maximum Gasteiger partial charge on any atom is 0.291 e. The molecule has 0 spiro atoms. The third-order valence-corrected chi connectivity index (χ3v) is 2.22. The van der Waals surface area contributed by atoms with Crippen molar-refractivity contribution in [2.45, 2.75) is 23.7 Å².